The molecule has 0 radical (unpaired) electrons. The molecular weight excluding hydrogens is 297 g/mol. The summed E-state index contributed by atoms with van der Waals surface area (Å²) in [5, 5.41) is 11.8. The SMILES string of the molecule is O=C(Nc1cccc(-c2ccc(CO)o2)c1)c1cccc(F)c1. The van der Waals surface area contributed by atoms with Gasteiger partial charge in [0.05, 0.1) is 0 Å². The Balaban J connectivity index is 1.81. The molecule has 0 saturated heterocycles. The van der Waals surface area contributed by atoms with Crippen LogP contribution in [0.3, 0.4) is 0 Å². The number of nitrogens with one attached hydrogen (secondary N) is 1. The summed E-state index contributed by atoms with van der Waals surface area (Å²) in [4.78, 5) is 12.1. The maximum atomic E-state index is 13.2. The molecule has 1 aromatic heterocycles. The van der Waals surface area contributed by atoms with Crippen LogP contribution in [0.4, 0.5) is 10.1 Å². The van der Waals surface area contributed by atoms with E-state index in [2.05, 4.69) is 5.32 Å². The zero-order valence-corrected chi connectivity index (χ0v) is 12.1. The van der Waals surface area contributed by atoms with Crippen molar-refractivity contribution in [1.82, 2.24) is 0 Å². The summed E-state index contributed by atoms with van der Waals surface area (Å²) in [6, 6.07) is 16.0. The van der Waals surface area contributed by atoms with Crippen molar-refractivity contribution in [3.05, 3.63) is 77.8 Å². The zero-order valence-electron chi connectivity index (χ0n) is 12.1. The summed E-state index contributed by atoms with van der Waals surface area (Å²) in [6.07, 6.45) is 0. The summed E-state index contributed by atoms with van der Waals surface area (Å²) in [5.41, 5.74) is 1.58. The molecule has 3 aromatic rings. The molecule has 0 spiro atoms. The first kappa shape index (κ1) is 15.0. The molecule has 0 fully saturated rings. The Hall–Kier alpha value is -2.92. The molecule has 0 aliphatic heterocycles. The first-order valence-electron chi connectivity index (χ1n) is 7.02. The molecule has 3 rings (SSSR count). The van der Waals surface area contributed by atoms with E-state index in [9.17, 15) is 9.18 Å². The van der Waals surface area contributed by atoms with E-state index >= 15 is 0 Å². The standard InChI is InChI=1S/C18H14FNO3/c19-14-5-1-4-13(9-14)18(22)20-15-6-2-3-12(10-15)17-8-7-16(11-21)23-17/h1-10,21H,11H2,(H,20,22). The van der Waals surface area contributed by atoms with Gasteiger partial charge in [-0.1, -0.05) is 18.2 Å². The van der Waals surface area contributed by atoms with Crippen LogP contribution < -0.4 is 5.32 Å². The van der Waals surface area contributed by atoms with Gasteiger partial charge in [-0.2, -0.15) is 0 Å². The minimum Gasteiger partial charge on any atom is -0.459 e. The number of benzene rings is 2. The molecule has 0 aliphatic carbocycles. The van der Waals surface area contributed by atoms with Crippen molar-refractivity contribution in [2.45, 2.75) is 6.61 Å². The van der Waals surface area contributed by atoms with Gasteiger partial charge in [-0.3, -0.25) is 4.79 Å². The quantitative estimate of drug-likeness (QED) is 0.769. The predicted molar refractivity (Wildman–Crippen MR) is 84.4 cm³/mol. The molecule has 23 heavy (non-hydrogen) atoms. The van der Waals surface area contributed by atoms with Crippen LogP contribution in [-0.4, -0.2) is 11.0 Å². The molecule has 0 aliphatic rings. The van der Waals surface area contributed by atoms with E-state index in [0.29, 0.717) is 17.2 Å². The Morgan fingerprint density at radius 3 is 2.65 bits per heavy atom. The van der Waals surface area contributed by atoms with Crippen LogP contribution in [0.15, 0.2) is 65.1 Å². The molecule has 0 saturated carbocycles. The lowest BCUT2D eigenvalue weighted by molar-refractivity contribution is 0.102. The van der Waals surface area contributed by atoms with Gasteiger partial charge in [0, 0.05) is 16.8 Å². The summed E-state index contributed by atoms with van der Waals surface area (Å²) in [6.45, 7) is -0.171. The Bertz CT molecular complexity index is 842. The Kier molecular flexibility index (Phi) is 4.21. The molecule has 2 N–H and O–H groups in total. The molecule has 2 aromatic carbocycles. The van der Waals surface area contributed by atoms with Gasteiger partial charge in [0.25, 0.3) is 5.91 Å². The number of halogens is 1. The summed E-state index contributed by atoms with van der Waals surface area (Å²) < 4.78 is 18.6. The smallest absolute Gasteiger partial charge is 0.255 e. The molecule has 1 heterocycles. The van der Waals surface area contributed by atoms with Gasteiger partial charge in [0.2, 0.25) is 0 Å². The zero-order chi connectivity index (χ0) is 16.2. The summed E-state index contributed by atoms with van der Waals surface area (Å²) in [5.74, 6) is 0.209. The normalized spacial score (nSPS) is 10.5. The van der Waals surface area contributed by atoms with Gasteiger partial charge in [0.1, 0.15) is 23.9 Å². The highest BCUT2D eigenvalue weighted by Crippen LogP contribution is 2.25. The van der Waals surface area contributed by atoms with Crippen LogP contribution >= 0.6 is 0 Å². The third kappa shape index (κ3) is 3.46. The summed E-state index contributed by atoms with van der Waals surface area (Å²) in [7, 11) is 0. The van der Waals surface area contributed by atoms with E-state index in [0.717, 1.165) is 5.56 Å². The van der Waals surface area contributed by atoms with Crippen LogP contribution in [0.1, 0.15) is 16.1 Å². The van der Waals surface area contributed by atoms with Crippen LogP contribution in [0, 0.1) is 5.82 Å². The number of carbonyl (C=O) groups is 1. The number of aliphatic hydroxyl groups is 1. The first-order chi connectivity index (χ1) is 11.2. The molecule has 0 unspecified atom stereocenters. The van der Waals surface area contributed by atoms with Crippen molar-refractivity contribution in [1.29, 1.82) is 0 Å². The molecular formula is C18H14FNO3. The second-order valence-corrected chi connectivity index (χ2v) is 4.97. The Morgan fingerprint density at radius 1 is 1.09 bits per heavy atom. The van der Waals surface area contributed by atoms with Crippen molar-refractivity contribution < 1.29 is 18.7 Å². The number of carbonyl (C=O) groups excluding carboxylic acids is 1. The van der Waals surface area contributed by atoms with E-state index in [1.807, 2.05) is 6.07 Å². The topological polar surface area (TPSA) is 62.5 Å². The highest BCUT2D eigenvalue weighted by atomic mass is 19.1. The van der Waals surface area contributed by atoms with Crippen molar-refractivity contribution >= 4 is 11.6 Å². The minimum absolute atomic E-state index is 0.171. The van der Waals surface area contributed by atoms with Crippen molar-refractivity contribution in [2.75, 3.05) is 5.32 Å². The third-order valence-electron chi connectivity index (χ3n) is 3.31. The predicted octanol–water partition coefficient (Wildman–Crippen LogP) is 3.83. The molecule has 116 valence electrons. The number of amides is 1. The van der Waals surface area contributed by atoms with E-state index in [1.54, 1.807) is 36.4 Å². The number of furan rings is 1. The third-order valence-corrected chi connectivity index (χ3v) is 3.31. The van der Waals surface area contributed by atoms with Crippen molar-refractivity contribution in [2.24, 2.45) is 0 Å². The van der Waals surface area contributed by atoms with Gasteiger partial charge in [0.15, 0.2) is 0 Å². The van der Waals surface area contributed by atoms with E-state index in [1.165, 1.54) is 18.2 Å². The number of hydrogen-bond donors (Lipinski definition) is 2. The van der Waals surface area contributed by atoms with Gasteiger partial charge in [-0.15, -0.1) is 0 Å². The number of aliphatic hydroxyl groups excluding tert-OH is 1. The highest BCUT2D eigenvalue weighted by Gasteiger charge is 2.09. The lowest BCUT2D eigenvalue weighted by atomic mass is 10.1. The van der Waals surface area contributed by atoms with Gasteiger partial charge < -0.3 is 14.8 Å². The fourth-order valence-corrected chi connectivity index (χ4v) is 2.20. The number of anilines is 1. The van der Waals surface area contributed by atoms with Crippen LogP contribution in [0.25, 0.3) is 11.3 Å². The van der Waals surface area contributed by atoms with E-state index in [-0.39, 0.29) is 12.2 Å². The average Bonchev–Trinajstić information content (AvgIpc) is 3.04. The molecule has 5 heteroatoms. The van der Waals surface area contributed by atoms with Crippen molar-refractivity contribution in [3.8, 4) is 11.3 Å². The molecule has 0 atom stereocenters. The highest BCUT2D eigenvalue weighted by molar-refractivity contribution is 6.04. The van der Waals surface area contributed by atoms with Gasteiger partial charge >= 0.3 is 0 Å². The largest absolute Gasteiger partial charge is 0.459 e. The second-order valence-electron chi connectivity index (χ2n) is 4.97. The Morgan fingerprint density at radius 2 is 1.91 bits per heavy atom. The lowest BCUT2D eigenvalue weighted by Gasteiger charge is -2.07. The lowest BCUT2D eigenvalue weighted by Crippen LogP contribution is -2.11. The molecule has 4 nitrogen and oxygen atoms in total. The molecule has 0 bridgehead atoms. The van der Waals surface area contributed by atoms with Crippen molar-refractivity contribution in [3.63, 3.8) is 0 Å². The van der Waals surface area contributed by atoms with Gasteiger partial charge in [-0.25, -0.2) is 4.39 Å². The monoisotopic (exact) mass is 311 g/mol. The van der Waals surface area contributed by atoms with Crippen LogP contribution in [0.2, 0.25) is 0 Å². The Labute approximate surface area is 132 Å². The number of rotatable bonds is 4. The maximum absolute atomic E-state index is 13.2. The van der Waals surface area contributed by atoms with E-state index < -0.39 is 11.7 Å². The summed E-state index contributed by atoms with van der Waals surface area (Å²) >= 11 is 0. The molecule has 1 amide bonds. The fraction of sp³-hybridized carbons (Fsp3) is 0.0556. The number of hydrogen-bond acceptors (Lipinski definition) is 3. The second kappa shape index (κ2) is 6.46. The van der Waals surface area contributed by atoms with Gasteiger partial charge in [-0.05, 0) is 42.5 Å². The van der Waals surface area contributed by atoms with Crippen LogP contribution in [-0.2, 0) is 6.61 Å². The van der Waals surface area contributed by atoms with Crippen LogP contribution in [0.5, 0.6) is 0 Å². The maximum Gasteiger partial charge on any atom is 0.255 e. The fourth-order valence-electron chi connectivity index (χ4n) is 2.20. The average molecular weight is 311 g/mol. The first-order valence-corrected chi connectivity index (χ1v) is 7.02. The van der Waals surface area contributed by atoms with E-state index in [4.69, 9.17) is 9.52 Å². The minimum atomic E-state index is -0.460.